The molecule has 0 fully saturated rings. The molecule has 3 aromatic rings. The van der Waals surface area contributed by atoms with Crippen LogP contribution < -0.4 is 0 Å². The molecule has 1 aromatic heterocycles. The zero-order valence-corrected chi connectivity index (χ0v) is 15.1. The van der Waals surface area contributed by atoms with Crippen LogP contribution in [0.5, 0.6) is 0 Å². The van der Waals surface area contributed by atoms with Gasteiger partial charge in [-0.3, -0.25) is 0 Å². The second-order valence-corrected chi connectivity index (χ2v) is 8.03. The first-order chi connectivity index (χ1) is 11.9. The van der Waals surface area contributed by atoms with Gasteiger partial charge in [0.15, 0.2) is 9.84 Å². The first kappa shape index (κ1) is 17.2. The molecule has 1 atom stereocenters. The number of allylic oxidation sites excluding steroid dienone is 1. The molecule has 3 nitrogen and oxygen atoms in total. The Labute approximate surface area is 148 Å². The van der Waals surface area contributed by atoms with Gasteiger partial charge in [-0.05, 0) is 11.6 Å². The Kier molecular flexibility index (Phi) is 4.64. The van der Waals surface area contributed by atoms with Crippen molar-refractivity contribution >= 4 is 9.84 Å². The molecule has 0 aliphatic carbocycles. The van der Waals surface area contributed by atoms with Crippen molar-refractivity contribution in [2.45, 2.75) is 17.7 Å². The Morgan fingerprint density at radius 1 is 1.00 bits per heavy atom. The van der Waals surface area contributed by atoms with Gasteiger partial charge in [0, 0.05) is 28.9 Å². The molecule has 1 heterocycles. The van der Waals surface area contributed by atoms with Crippen molar-refractivity contribution in [1.82, 2.24) is 0 Å². The van der Waals surface area contributed by atoms with Gasteiger partial charge in [0.25, 0.3) is 0 Å². The highest BCUT2D eigenvalue weighted by Gasteiger charge is 2.23. The van der Waals surface area contributed by atoms with Gasteiger partial charge in [-0.1, -0.05) is 61.5 Å². The van der Waals surface area contributed by atoms with Gasteiger partial charge in [-0.2, -0.15) is 0 Å². The molecule has 0 aliphatic heterocycles. The van der Waals surface area contributed by atoms with Gasteiger partial charge >= 0.3 is 0 Å². The molecule has 4 heteroatoms. The van der Waals surface area contributed by atoms with E-state index in [1.807, 2.05) is 55.5 Å². The quantitative estimate of drug-likeness (QED) is 0.585. The molecular formula is C21H20O3S. The summed E-state index contributed by atoms with van der Waals surface area (Å²) in [7, 11) is -3.36. The summed E-state index contributed by atoms with van der Waals surface area (Å²) in [5, 5.41) is 0. The summed E-state index contributed by atoms with van der Waals surface area (Å²) in [5.74, 6) is 0.786. The van der Waals surface area contributed by atoms with Crippen molar-refractivity contribution in [2.24, 2.45) is 0 Å². The van der Waals surface area contributed by atoms with E-state index in [2.05, 4.69) is 6.58 Å². The number of hydrogen-bond donors (Lipinski definition) is 0. The van der Waals surface area contributed by atoms with Crippen LogP contribution in [0, 0.1) is 0 Å². The third kappa shape index (κ3) is 3.30. The summed E-state index contributed by atoms with van der Waals surface area (Å²) in [4.78, 5) is 0.297. The lowest BCUT2D eigenvalue weighted by atomic mass is 9.93. The molecule has 25 heavy (non-hydrogen) atoms. The number of sulfone groups is 1. The maximum Gasteiger partial charge on any atom is 0.176 e. The van der Waals surface area contributed by atoms with Crippen LogP contribution in [-0.2, 0) is 9.84 Å². The monoisotopic (exact) mass is 352 g/mol. The molecule has 0 amide bonds. The normalized spacial score (nSPS) is 12.7. The summed E-state index contributed by atoms with van der Waals surface area (Å²) in [6.07, 6.45) is 4.68. The average Bonchev–Trinajstić information content (AvgIpc) is 3.06. The van der Waals surface area contributed by atoms with Crippen LogP contribution in [0.3, 0.4) is 0 Å². The molecule has 0 saturated heterocycles. The topological polar surface area (TPSA) is 47.3 Å². The fourth-order valence-corrected chi connectivity index (χ4v) is 3.83. The predicted octanol–water partition coefficient (Wildman–Crippen LogP) is 5.31. The van der Waals surface area contributed by atoms with Crippen molar-refractivity contribution < 1.29 is 12.8 Å². The van der Waals surface area contributed by atoms with Crippen LogP contribution in [0.25, 0.3) is 22.3 Å². The van der Waals surface area contributed by atoms with Gasteiger partial charge in [0.05, 0.1) is 11.2 Å². The summed E-state index contributed by atoms with van der Waals surface area (Å²) >= 11 is 0. The Hall–Kier alpha value is -2.59. The third-order valence-corrected chi connectivity index (χ3v) is 5.38. The van der Waals surface area contributed by atoms with Gasteiger partial charge in [-0.25, -0.2) is 8.42 Å². The SMILES string of the molecule is C=CC(C)c1occ(-c2ccccc2S(C)(=O)=O)c1-c1ccccc1. The summed E-state index contributed by atoms with van der Waals surface area (Å²) in [6.45, 7) is 5.86. The Morgan fingerprint density at radius 2 is 1.64 bits per heavy atom. The van der Waals surface area contributed by atoms with Crippen molar-refractivity contribution in [3.05, 3.63) is 79.3 Å². The summed E-state index contributed by atoms with van der Waals surface area (Å²) < 4.78 is 30.3. The van der Waals surface area contributed by atoms with Crippen LogP contribution in [-0.4, -0.2) is 14.7 Å². The van der Waals surface area contributed by atoms with Crippen molar-refractivity contribution in [1.29, 1.82) is 0 Å². The molecule has 2 aromatic carbocycles. The van der Waals surface area contributed by atoms with Crippen LogP contribution in [0.15, 0.2) is 82.8 Å². The van der Waals surface area contributed by atoms with E-state index in [1.54, 1.807) is 18.4 Å². The molecule has 0 saturated carbocycles. The lowest BCUT2D eigenvalue weighted by molar-refractivity contribution is 0.501. The highest BCUT2D eigenvalue weighted by atomic mass is 32.2. The summed E-state index contributed by atoms with van der Waals surface area (Å²) in [6, 6.07) is 16.9. The second-order valence-electron chi connectivity index (χ2n) is 6.05. The smallest absolute Gasteiger partial charge is 0.176 e. The van der Waals surface area contributed by atoms with Gasteiger partial charge in [-0.15, -0.1) is 6.58 Å². The minimum Gasteiger partial charge on any atom is -0.467 e. The van der Waals surface area contributed by atoms with Gasteiger partial charge in [0.1, 0.15) is 5.76 Å². The largest absolute Gasteiger partial charge is 0.467 e. The van der Waals surface area contributed by atoms with Crippen molar-refractivity contribution in [2.75, 3.05) is 6.26 Å². The Balaban J connectivity index is 2.33. The van der Waals surface area contributed by atoms with E-state index in [1.165, 1.54) is 6.26 Å². The molecule has 3 rings (SSSR count). The first-order valence-electron chi connectivity index (χ1n) is 8.02. The van der Waals surface area contributed by atoms with Gasteiger partial charge < -0.3 is 4.42 Å². The Bertz CT molecular complexity index is 999. The standard InChI is InChI=1S/C21H20O3S/c1-4-15(2)21-20(16-10-6-5-7-11-16)18(14-24-21)17-12-8-9-13-19(17)25(3,22)23/h4-15H,1H2,2-3H3. The van der Waals surface area contributed by atoms with E-state index in [-0.39, 0.29) is 5.92 Å². The van der Waals surface area contributed by atoms with Crippen molar-refractivity contribution in [3.63, 3.8) is 0 Å². The lowest BCUT2D eigenvalue weighted by Crippen LogP contribution is -2.00. The molecule has 128 valence electrons. The maximum atomic E-state index is 12.2. The average molecular weight is 352 g/mol. The third-order valence-electron chi connectivity index (χ3n) is 4.23. The highest BCUT2D eigenvalue weighted by molar-refractivity contribution is 7.90. The second kappa shape index (κ2) is 6.73. The maximum absolute atomic E-state index is 12.2. The fourth-order valence-electron chi connectivity index (χ4n) is 2.93. The van der Waals surface area contributed by atoms with Crippen LogP contribution in [0.2, 0.25) is 0 Å². The summed E-state index contributed by atoms with van der Waals surface area (Å²) in [5.41, 5.74) is 3.31. The molecule has 0 radical (unpaired) electrons. The Morgan fingerprint density at radius 3 is 2.28 bits per heavy atom. The number of benzene rings is 2. The van der Waals surface area contributed by atoms with Crippen LogP contribution >= 0.6 is 0 Å². The number of hydrogen-bond acceptors (Lipinski definition) is 3. The molecule has 0 bridgehead atoms. The fraction of sp³-hybridized carbons (Fsp3) is 0.143. The van der Waals surface area contributed by atoms with E-state index in [4.69, 9.17) is 4.42 Å². The van der Waals surface area contributed by atoms with E-state index < -0.39 is 9.84 Å². The predicted molar refractivity (Wildman–Crippen MR) is 101 cm³/mol. The lowest BCUT2D eigenvalue weighted by Gasteiger charge is -2.11. The molecular weight excluding hydrogens is 332 g/mol. The van der Waals surface area contributed by atoms with Crippen molar-refractivity contribution in [3.8, 4) is 22.3 Å². The first-order valence-corrected chi connectivity index (χ1v) is 9.91. The highest BCUT2D eigenvalue weighted by Crippen LogP contribution is 2.41. The molecule has 0 N–H and O–H groups in total. The molecule has 0 aliphatic rings. The van der Waals surface area contributed by atoms with E-state index in [9.17, 15) is 8.42 Å². The van der Waals surface area contributed by atoms with Crippen LogP contribution in [0.1, 0.15) is 18.6 Å². The molecule has 0 spiro atoms. The van der Waals surface area contributed by atoms with E-state index >= 15 is 0 Å². The number of rotatable bonds is 5. The minimum absolute atomic E-state index is 0.00866. The molecule has 1 unspecified atom stereocenters. The zero-order valence-electron chi connectivity index (χ0n) is 14.3. The van der Waals surface area contributed by atoms with Gasteiger partial charge in [0.2, 0.25) is 0 Å². The van der Waals surface area contributed by atoms with Crippen LogP contribution in [0.4, 0.5) is 0 Å². The number of furan rings is 1. The zero-order chi connectivity index (χ0) is 18.0. The van der Waals surface area contributed by atoms with E-state index in [0.717, 1.165) is 22.5 Å². The minimum atomic E-state index is -3.36. The van der Waals surface area contributed by atoms with E-state index in [0.29, 0.717) is 10.5 Å².